The molecule has 136 valence electrons. The molecule has 2 atom stereocenters. The second kappa shape index (κ2) is 5.95. The molecule has 1 amide bonds. The summed E-state index contributed by atoms with van der Waals surface area (Å²) in [6.45, 7) is 2.36. The monoisotopic (exact) mass is 355 g/mol. The van der Waals surface area contributed by atoms with E-state index in [1.807, 2.05) is 11.9 Å². The van der Waals surface area contributed by atoms with E-state index in [0.29, 0.717) is 18.4 Å². The highest BCUT2D eigenvalue weighted by Crippen LogP contribution is 2.46. The maximum atomic E-state index is 12.2. The van der Waals surface area contributed by atoms with E-state index in [1.54, 1.807) is 0 Å². The van der Waals surface area contributed by atoms with Crippen molar-refractivity contribution < 1.29 is 4.79 Å². The van der Waals surface area contributed by atoms with Crippen LogP contribution in [-0.2, 0) is 16.6 Å². The Morgan fingerprint density at radius 1 is 1.00 bits per heavy atom. The lowest BCUT2D eigenvalue weighted by molar-refractivity contribution is -0.138. The number of nitrogens with zero attached hydrogens (tertiary/aromatic N) is 1. The van der Waals surface area contributed by atoms with Crippen LogP contribution in [0.1, 0.15) is 37.3 Å². The number of benzene rings is 3. The van der Waals surface area contributed by atoms with Crippen molar-refractivity contribution in [2.75, 3.05) is 7.05 Å². The molecule has 0 radical (unpaired) electrons. The fourth-order valence-corrected chi connectivity index (χ4v) is 5.43. The molecule has 0 aromatic heterocycles. The Kier molecular flexibility index (Phi) is 3.65. The Balaban J connectivity index is 1.62. The molecule has 27 heavy (non-hydrogen) atoms. The Hall–Kier alpha value is -2.61. The van der Waals surface area contributed by atoms with E-state index in [2.05, 4.69) is 67.6 Å². The highest BCUT2D eigenvalue weighted by atomic mass is 16.2. The van der Waals surface area contributed by atoms with Crippen LogP contribution in [0.4, 0.5) is 0 Å². The Bertz CT molecular complexity index is 1050. The predicted molar refractivity (Wildman–Crippen MR) is 111 cm³/mol. The van der Waals surface area contributed by atoms with Gasteiger partial charge < -0.3 is 4.90 Å². The van der Waals surface area contributed by atoms with Crippen molar-refractivity contribution in [1.29, 1.82) is 0 Å². The molecule has 5 rings (SSSR count). The van der Waals surface area contributed by atoms with Gasteiger partial charge in [0.2, 0.25) is 5.91 Å². The van der Waals surface area contributed by atoms with Crippen molar-refractivity contribution in [3.63, 3.8) is 0 Å². The maximum Gasteiger partial charge on any atom is 0.222 e. The van der Waals surface area contributed by atoms with Gasteiger partial charge in [-0.3, -0.25) is 4.79 Å². The lowest BCUT2D eigenvalue weighted by Gasteiger charge is -2.50. The average molecular weight is 355 g/mol. The highest BCUT2D eigenvalue weighted by molar-refractivity contribution is 5.96. The number of hydrogen-bond donors (Lipinski definition) is 0. The minimum atomic E-state index is 0.0769. The molecule has 2 heteroatoms. The SMILES string of the molecule is CN1C(=O)CC[C@]2(C)c3ccc(-c4cccc5ccccc45)cc3CC[C@@H]12. The molecule has 1 saturated heterocycles. The molecule has 1 aliphatic carbocycles. The van der Waals surface area contributed by atoms with Crippen LogP contribution in [0, 0.1) is 0 Å². The van der Waals surface area contributed by atoms with E-state index >= 15 is 0 Å². The first-order chi connectivity index (χ1) is 13.1. The molecule has 1 heterocycles. The van der Waals surface area contributed by atoms with E-state index in [4.69, 9.17) is 0 Å². The third-order valence-corrected chi connectivity index (χ3v) is 6.96. The summed E-state index contributed by atoms with van der Waals surface area (Å²) in [5, 5.41) is 2.59. The zero-order valence-electron chi connectivity index (χ0n) is 16.0. The largest absolute Gasteiger partial charge is 0.342 e. The lowest BCUT2D eigenvalue weighted by atomic mass is 9.63. The summed E-state index contributed by atoms with van der Waals surface area (Å²) < 4.78 is 0. The summed E-state index contributed by atoms with van der Waals surface area (Å²) in [6, 6.07) is 22.5. The van der Waals surface area contributed by atoms with Gasteiger partial charge in [0.15, 0.2) is 0 Å². The van der Waals surface area contributed by atoms with Crippen LogP contribution in [0.5, 0.6) is 0 Å². The molecule has 3 aromatic rings. The molecule has 1 aliphatic heterocycles. The molecule has 1 fully saturated rings. The van der Waals surface area contributed by atoms with Gasteiger partial charge in [0.1, 0.15) is 0 Å². The van der Waals surface area contributed by atoms with E-state index in [-0.39, 0.29) is 5.41 Å². The molecule has 0 unspecified atom stereocenters. The quantitative estimate of drug-likeness (QED) is 0.578. The molecule has 0 spiro atoms. The third-order valence-electron chi connectivity index (χ3n) is 6.96. The number of carbonyl (C=O) groups is 1. The van der Waals surface area contributed by atoms with Crippen molar-refractivity contribution >= 4 is 16.7 Å². The van der Waals surface area contributed by atoms with Gasteiger partial charge in [-0.25, -0.2) is 0 Å². The van der Waals surface area contributed by atoms with Crippen LogP contribution < -0.4 is 0 Å². The van der Waals surface area contributed by atoms with E-state index in [0.717, 1.165) is 19.3 Å². The summed E-state index contributed by atoms with van der Waals surface area (Å²) in [5.41, 5.74) is 5.59. The first kappa shape index (κ1) is 16.6. The Labute approximate surface area is 160 Å². The first-order valence-corrected chi connectivity index (χ1v) is 9.95. The Morgan fingerprint density at radius 2 is 1.81 bits per heavy atom. The van der Waals surface area contributed by atoms with Crippen LogP contribution in [0.2, 0.25) is 0 Å². The van der Waals surface area contributed by atoms with Gasteiger partial charge in [0.05, 0.1) is 0 Å². The molecule has 0 saturated carbocycles. The van der Waals surface area contributed by atoms with Crippen molar-refractivity contribution in [3.05, 3.63) is 71.8 Å². The number of aryl methyl sites for hydroxylation is 1. The molecule has 2 aliphatic rings. The van der Waals surface area contributed by atoms with Crippen molar-refractivity contribution in [3.8, 4) is 11.1 Å². The average Bonchev–Trinajstić information content (AvgIpc) is 2.70. The van der Waals surface area contributed by atoms with Crippen LogP contribution in [0.3, 0.4) is 0 Å². The molecule has 0 N–H and O–H groups in total. The van der Waals surface area contributed by atoms with Crippen molar-refractivity contribution in [2.45, 2.75) is 44.1 Å². The molecule has 2 nitrogen and oxygen atoms in total. The number of piperidine rings is 1. The number of carbonyl (C=O) groups excluding carboxylic acids is 1. The van der Waals surface area contributed by atoms with Crippen molar-refractivity contribution in [1.82, 2.24) is 4.90 Å². The summed E-state index contributed by atoms with van der Waals surface area (Å²) in [4.78, 5) is 14.2. The number of likely N-dealkylation sites (N-methyl/N-ethyl adjacent to an activating group) is 1. The highest BCUT2D eigenvalue weighted by Gasteiger charge is 2.46. The lowest BCUT2D eigenvalue weighted by Crippen LogP contribution is -2.56. The van der Waals surface area contributed by atoms with Crippen LogP contribution in [-0.4, -0.2) is 23.9 Å². The zero-order valence-corrected chi connectivity index (χ0v) is 16.0. The predicted octanol–water partition coefficient (Wildman–Crippen LogP) is 5.33. The number of fused-ring (bicyclic) bond motifs is 4. The van der Waals surface area contributed by atoms with Gasteiger partial charge in [-0.15, -0.1) is 0 Å². The number of rotatable bonds is 1. The summed E-state index contributed by atoms with van der Waals surface area (Å²) in [6.07, 6.45) is 3.73. The standard InChI is InChI=1S/C25H25NO/c1-25-15-14-24(27)26(2)23(25)13-11-19-16-18(10-12-22(19)25)21-9-5-7-17-6-3-4-8-20(17)21/h3-10,12,16,23H,11,13-15H2,1-2H3/t23-,25-/m1/s1. The van der Waals surface area contributed by atoms with Crippen molar-refractivity contribution in [2.24, 2.45) is 0 Å². The van der Waals surface area contributed by atoms with Crippen LogP contribution in [0.15, 0.2) is 60.7 Å². The van der Waals surface area contributed by atoms with E-state index in [9.17, 15) is 4.79 Å². The number of likely N-dealkylation sites (tertiary alicyclic amines) is 1. The van der Waals surface area contributed by atoms with Gasteiger partial charge in [-0.05, 0) is 52.3 Å². The summed E-state index contributed by atoms with van der Waals surface area (Å²) in [7, 11) is 1.99. The smallest absolute Gasteiger partial charge is 0.222 e. The normalized spacial score (nSPS) is 24.6. The summed E-state index contributed by atoms with van der Waals surface area (Å²) >= 11 is 0. The maximum absolute atomic E-state index is 12.2. The zero-order chi connectivity index (χ0) is 18.6. The van der Waals surface area contributed by atoms with Gasteiger partial charge in [0.25, 0.3) is 0 Å². The minimum absolute atomic E-state index is 0.0769. The molecular formula is C25H25NO. The fraction of sp³-hybridized carbons (Fsp3) is 0.320. The topological polar surface area (TPSA) is 20.3 Å². The van der Waals surface area contributed by atoms with Gasteiger partial charge >= 0.3 is 0 Å². The Morgan fingerprint density at radius 3 is 2.70 bits per heavy atom. The molecule has 3 aromatic carbocycles. The molecule has 0 bridgehead atoms. The fourth-order valence-electron chi connectivity index (χ4n) is 5.43. The van der Waals surface area contributed by atoms with Gasteiger partial charge in [-0.1, -0.05) is 67.6 Å². The molecular weight excluding hydrogens is 330 g/mol. The van der Waals surface area contributed by atoms with Crippen LogP contribution in [0.25, 0.3) is 21.9 Å². The summed E-state index contributed by atoms with van der Waals surface area (Å²) in [5.74, 6) is 0.299. The third kappa shape index (κ3) is 2.43. The van der Waals surface area contributed by atoms with E-state index < -0.39 is 0 Å². The first-order valence-electron chi connectivity index (χ1n) is 9.95. The second-order valence-corrected chi connectivity index (χ2v) is 8.38. The van der Waals surface area contributed by atoms with E-state index in [1.165, 1.54) is 33.0 Å². The number of amides is 1. The second-order valence-electron chi connectivity index (χ2n) is 8.38. The minimum Gasteiger partial charge on any atom is -0.342 e. The van der Waals surface area contributed by atoms with Gasteiger partial charge in [-0.2, -0.15) is 0 Å². The van der Waals surface area contributed by atoms with Crippen LogP contribution >= 0.6 is 0 Å². The van der Waals surface area contributed by atoms with Gasteiger partial charge in [0, 0.05) is 24.9 Å². The number of hydrogen-bond acceptors (Lipinski definition) is 1.